The largest absolute Gasteiger partial charge is 0.255 e. The van der Waals surface area contributed by atoms with Crippen LogP contribution in [-0.2, 0) is 5.33 Å². The molecule has 0 fully saturated rings. The number of rotatable bonds is 1. The average Bonchev–Trinajstić information content (AvgIpc) is 2.08. The summed E-state index contributed by atoms with van der Waals surface area (Å²) in [4.78, 5) is 0. The zero-order chi connectivity index (χ0) is 8.53. The van der Waals surface area contributed by atoms with Crippen LogP contribution in [-0.4, -0.2) is 0 Å². The quantitative estimate of drug-likeness (QED) is 0.668. The molecule has 0 saturated heterocycles. The second-order valence-electron chi connectivity index (χ2n) is 1.68. The number of alkyl halides is 1. The van der Waals surface area contributed by atoms with E-state index in [4.69, 9.17) is 0 Å². The standard InChI is InChI=1S/C7H7Br.F2S/c8-6-7-4-2-1-3-5-7;1-3-2/h1-5H,6H2;. The van der Waals surface area contributed by atoms with Gasteiger partial charge in [-0.2, -0.15) is 0 Å². The van der Waals surface area contributed by atoms with Crippen molar-refractivity contribution in [2.75, 3.05) is 0 Å². The average molecular weight is 241 g/mol. The summed E-state index contributed by atoms with van der Waals surface area (Å²) in [5, 5.41) is 0.952. The lowest BCUT2D eigenvalue weighted by atomic mass is 10.2. The molecular formula is C7H7BrF2S. The molecule has 1 rings (SSSR count). The maximum Gasteiger partial charge on any atom is 0.255 e. The van der Waals surface area contributed by atoms with Gasteiger partial charge in [0.15, 0.2) is 0 Å². The van der Waals surface area contributed by atoms with Crippen LogP contribution in [0.1, 0.15) is 5.56 Å². The molecule has 1 aromatic rings. The zero-order valence-corrected chi connectivity index (χ0v) is 8.04. The highest BCUT2D eigenvalue weighted by Crippen LogP contribution is 2.02. The first-order valence-electron chi connectivity index (χ1n) is 2.84. The van der Waals surface area contributed by atoms with Crippen molar-refractivity contribution in [2.45, 2.75) is 5.33 Å². The molecule has 0 spiro atoms. The first kappa shape index (κ1) is 10.9. The summed E-state index contributed by atoms with van der Waals surface area (Å²) in [6.45, 7) is 0. The fraction of sp³-hybridized carbons (Fsp3) is 0.143. The highest BCUT2D eigenvalue weighted by Gasteiger charge is 1.81. The Balaban J connectivity index is 0.000000292. The van der Waals surface area contributed by atoms with E-state index in [1.807, 2.05) is 18.2 Å². The molecule has 0 saturated carbocycles. The Morgan fingerprint density at radius 3 is 1.91 bits per heavy atom. The molecule has 62 valence electrons. The van der Waals surface area contributed by atoms with Crippen LogP contribution < -0.4 is 0 Å². The normalized spacial score (nSPS) is 8.27. The van der Waals surface area contributed by atoms with Gasteiger partial charge in [-0.05, 0) is 5.56 Å². The van der Waals surface area contributed by atoms with Crippen LogP contribution in [0.25, 0.3) is 0 Å². The highest BCUT2D eigenvalue weighted by molar-refractivity contribution is 9.08. The van der Waals surface area contributed by atoms with Crippen molar-refractivity contribution in [2.24, 2.45) is 0 Å². The van der Waals surface area contributed by atoms with Crippen molar-refractivity contribution in [1.82, 2.24) is 0 Å². The molecule has 0 unspecified atom stereocenters. The lowest BCUT2D eigenvalue weighted by molar-refractivity contribution is 0.814. The van der Waals surface area contributed by atoms with Crippen LogP contribution in [0.5, 0.6) is 0 Å². The van der Waals surface area contributed by atoms with E-state index in [-0.39, 0.29) is 0 Å². The third-order valence-electron chi connectivity index (χ3n) is 0.997. The summed E-state index contributed by atoms with van der Waals surface area (Å²) in [6.07, 6.45) is 0. The van der Waals surface area contributed by atoms with E-state index < -0.39 is 12.5 Å². The van der Waals surface area contributed by atoms with Crippen LogP contribution in [0.3, 0.4) is 0 Å². The summed E-state index contributed by atoms with van der Waals surface area (Å²) >= 11 is 2.11. The van der Waals surface area contributed by atoms with Crippen molar-refractivity contribution in [3.63, 3.8) is 0 Å². The number of benzene rings is 1. The summed E-state index contributed by atoms with van der Waals surface area (Å²) in [5.41, 5.74) is 1.33. The lowest BCUT2D eigenvalue weighted by Gasteiger charge is -1.88. The Labute approximate surface area is 77.7 Å². The molecule has 0 aromatic heterocycles. The van der Waals surface area contributed by atoms with E-state index in [1.165, 1.54) is 5.56 Å². The van der Waals surface area contributed by atoms with Gasteiger partial charge in [-0.25, -0.2) is 0 Å². The topological polar surface area (TPSA) is 0 Å². The van der Waals surface area contributed by atoms with E-state index in [0.717, 1.165) is 5.33 Å². The Morgan fingerprint density at radius 2 is 1.64 bits per heavy atom. The lowest BCUT2D eigenvalue weighted by Crippen LogP contribution is -1.70. The van der Waals surface area contributed by atoms with Gasteiger partial charge >= 0.3 is 0 Å². The number of hydrogen-bond acceptors (Lipinski definition) is 1. The summed E-state index contributed by atoms with van der Waals surface area (Å²) in [7, 11) is 0. The summed E-state index contributed by atoms with van der Waals surface area (Å²) in [6, 6.07) is 10.3. The molecule has 0 heterocycles. The number of hydrogen-bond donors (Lipinski definition) is 0. The van der Waals surface area contributed by atoms with E-state index in [2.05, 4.69) is 28.1 Å². The van der Waals surface area contributed by atoms with Crippen molar-refractivity contribution in [1.29, 1.82) is 0 Å². The third kappa shape index (κ3) is 6.31. The summed E-state index contributed by atoms with van der Waals surface area (Å²) in [5.74, 6) is 0. The van der Waals surface area contributed by atoms with Gasteiger partial charge in [0.05, 0.1) is 0 Å². The molecule has 0 bridgehead atoms. The van der Waals surface area contributed by atoms with Gasteiger partial charge in [0.1, 0.15) is 0 Å². The van der Waals surface area contributed by atoms with Crippen LogP contribution >= 0.6 is 28.5 Å². The molecule has 0 N–H and O–H groups in total. The minimum atomic E-state index is -1.25. The van der Waals surface area contributed by atoms with E-state index in [9.17, 15) is 7.77 Å². The van der Waals surface area contributed by atoms with Crippen molar-refractivity contribution in [3.8, 4) is 0 Å². The van der Waals surface area contributed by atoms with Gasteiger partial charge in [0.25, 0.3) is 12.5 Å². The molecule has 0 amide bonds. The summed E-state index contributed by atoms with van der Waals surface area (Å²) < 4.78 is 19.1. The van der Waals surface area contributed by atoms with Gasteiger partial charge in [-0.1, -0.05) is 46.3 Å². The van der Waals surface area contributed by atoms with Crippen LogP contribution in [0.15, 0.2) is 30.3 Å². The van der Waals surface area contributed by atoms with E-state index in [0.29, 0.717) is 0 Å². The van der Waals surface area contributed by atoms with Crippen LogP contribution in [0.2, 0.25) is 0 Å². The Hall–Kier alpha value is -0.0900. The van der Waals surface area contributed by atoms with Gasteiger partial charge in [0.2, 0.25) is 0 Å². The minimum absolute atomic E-state index is 0.952. The molecule has 11 heavy (non-hydrogen) atoms. The first-order chi connectivity index (χ1) is 5.35. The minimum Gasteiger partial charge on any atom is -0.127 e. The molecule has 0 aliphatic rings. The fourth-order valence-corrected chi connectivity index (χ4v) is 0.941. The Bertz CT molecular complexity index is 169. The van der Waals surface area contributed by atoms with Gasteiger partial charge < -0.3 is 0 Å². The van der Waals surface area contributed by atoms with Crippen molar-refractivity contribution < 1.29 is 7.77 Å². The van der Waals surface area contributed by atoms with E-state index in [1.54, 1.807) is 0 Å². The van der Waals surface area contributed by atoms with Crippen molar-refractivity contribution >= 4 is 28.5 Å². The number of halogens is 3. The SMILES string of the molecule is BrCc1ccccc1.FSF. The Kier molecular flexibility index (Phi) is 7.95. The van der Waals surface area contributed by atoms with Crippen LogP contribution in [0.4, 0.5) is 7.77 Å². The maximum absolute atomic E-state index is 9.54. The molecule has 0 aliphatic heterocycles. The molecule has 0 aliphatic carbocycles. The smallest absolute Gasteiger partial charge is 0.127 e. The first-order valence-corrected chi connectivity index (χ1v) is 4.58. The molecule has 0 nitrogen and oxygen atoms in total. The maximum atomic E-state index is 9.54. The predicted molar refractivity (Wildman–Crippen MR) is 48.9 cm³/mol. The molecule has 0 atom stereocenters. The van der Waals surface area contributed by atoms with E-state index >= 15 is 0 Å². The monoisotopic (exact) mass is 240 g/mol. The second-order valence-corrected chi connectivity index (χ2v) is 2.35. The molecule has 0 radical (unpaired) electrons. The second kappa shape index (κ2) is 8.01. The van der Waals surface area contributed by atoms with Crippen LogP contribution in [0, 0.1) is 0 Å². The van der Waals surface area contributed by atoms with Crippen molar-refractivity contribution in [3.05, 3.63) is 35.9 Å². The molecule has 1 aromatic carbocycles. The van der Waals surface area contributed by atoms with Gasteiger partial charge in [-0.3, -0.25) is 0 Å². The zero-order valence-electron chi connectivity index (χ0n) is 5.64. The molecule has 4 heteroatoms. The van der Waals surface area contributed by atoms with Gasteiger partial charge in [0, 0.05) is 5.33 Å². The molecular weight excluding hydrogens is 234 g/mol. The fourth-order valence-electron chi connectivity index (χ4n) is 0.567. The Morgan fingerprint density at radius 1 is 1.18 bits per heavy atom. The highest BCUT2D eigenvalue weighted by atomic mass is 79.9. The van der Waals surface area contributed by atoms with Gasteiger partial charge in [-0.15, -0.1) is 7.77 Å². The predicted octanol–water partition coefficient (Wildman–Crippen LogP) is 4.07. The third-order valence-corrected chi connectivity index (χ3v) is 1.64.